The van der Waals surface area contributed by atoms with Crippen molar-refractivity contribution in [3.05, 3.63) is 29.3 Å². The summed E-state index contributed by atoms with van der Waals surface area (Å²) in [6.45, 7) is 7.69. The first-order valence-corrected chi connectivity index (χ1v) is 9.92. The van der Waals surface area contributed by atoms with Crippen LogP contribution in [0.5, 0.6) is 0 Å². The summed E-state index contributed by atoms with van der Waals surface area (Å²) in [7, 11) is -1.18. The molecule has 3 rings (SSSR count). The molecule has 1 aromatic rings. The lowest BCUT2D eigenvalue weighted by molar-refractivity contribution is 0.404. The molecule has 0 amide bonds. The first-order valence-electron chi connectivity index (χ1n) is 8.31. The Bertz CT molecular complexity index is 628. The van der Waals surface area contributed by atoms with Crippen LogP contribution in [0.4, 0.5) is 5.69 Å². The van der Waals surface area contributed by atoms with Crippen LogP contribution in [0.2, 0.25) is 0 Å². The Kier molecular flexibility index (Phi) is 5.17. The third-order valence-corrected chi connectivity index (χ3v) is 6.59. The largest absolute Gasteiger partial charge is 0.320 e. The van der Waals surface area contributed by atoms with Crippen LogP contribution < -0.4 is 9.62 Å². The predicted octanol–water partition coefficient (Wildman–Crippen LogP) is 2.68. The third-order valence-electron chi connectivity index (χ3n) is 4.88. The molecule has 2 aliphatic heterocycles. The lowest BCUT2D eigenvalue weighted by atomic mass is 9.76. The Morgan fingerprint density at radius 2 is 2.05 bits per heavy atom. The van der Waals surface area contributed by atoms with Crippen LogP contribution in [0.1, 0.15) is 44.7 Å². The smallest absolute Gasteiger partial charge is 0.235 e. The number of para-hydroxylation sites is 1. The van der Waals surface area contributed by atoms with Crippen molar-refractivity contribution in [1.82, 2.24) is 5.32 Å². The van der Waals surface area contributed by atoms with Crippen LogP contribution in [0, 0.1) is 0 Å². The summed E-state index contributed by atoms with van der Waals surface area (Å²) < 4.78 is 26.5. The van der Waals surface area contributed by atoms with Crippen molar-refractivity contribution < 1.29 is 8.42 Å². The molecule has 0 spiro atoms. The molecule has 0 saturated heterocycles. The lowest BCUT2D eigenvalue weighted by Gasteiger charge is -2.29. The molecule has 22 heavy (non-hydrogen) atoms. The zero-order chi connectivity index (χ0) is 16.4. The van der Waals surface area contributed by atoms with Gasteiger partial charge in [-0.1, -0.05) is 39.0 Å². The SMILES string of the molecule is CC.CCC1(CCNC)CN2c3c(cccc31)CCS2(=O)=O. The molecule has 0 fully saturated rings. The minimum Gasteiger partial charge on any atom is -0.320 e. The standard InChI is InChI=1S/C15H22N2O2S.C2H6/c1-3-15(8-9-16-2)11-17-14-12(5-4-6-13(14)15)7-10-20(17,18)19;1-2/h4-6,16H,3,7-11H2,1-2H3;1-2H3. The molecule has 2 aliphatic rings. The van der Waals surface area contributed by atoms with Crippen molar-refractivity contribution in [2.75, 3.05) is 30.2 Å². The number of nitrogens with one attached hydrogen (secondary N) is 1. The lowest BCUT2D eigenvalue weighted by Crippen LogP contribution is -2.41. The van der Waals surface area contributed by atoms with E-state index in [4.69, 9.17) is 0 Å². The molecule has 0 radical (unpaired) electrons. The first kappa shape index (κ1) is 17.3. The number of benzene rings is 1. The van der Waals surface area contributed by atoms with Gasteiger partial charge in [-0.3, -0.25) is 4.31 Å². The van der Waals surface area contributed by atoms with E-state index < -0.39 is 10.0 Å². The summed E-state index contributed by atoms with van der Waals surface area (Å²) in [4.78, 5) is 0. The number of nitrogens with zero attached hydrogens (tertiary/aromatic N) is 1. The summed E-state index contributed by atoms with van der Waals surface area (Å²) in [6.07, 6.45) is 2.59. The van der Waals surface area contributed by atoms with E-state index in [1.165, 1.54) is 11.1 Å². The van der Waals surface area contributed by atoms with Gasteiger partial charge in [0.2, 0.25) is 10.0 Å². The Hall–Kier alpha value is -1.07. The summed E-state index contributed by atoms with van der Waals surface area (Å²) in [5.74, 6) is 0.245. The highest BCUT2D eigenvalue weighted by Crippen LogP contribution is 2.49. The molecule has 1 aromatic carbocycles. The number of hydrogen-bond donors (Lipinski definition) is 1. The van der Waals surface area contributed by atoms with Gasteiger partial charge < -0.3 is 5.32 Å². The van der Waals surface area contributed by atoms with Gasteiger partial charge in [0, 0.05) is 12.0 Å². The van der Waals surface area contributed by atoms with E-state index in [0.717, 1.165) is 25.1 Å². The zero-order valence-corrected chi connectivity index (χ0v) is 15.0. The van der Waals surface area contributed by atoms with Crippen LogP contribution >= 0.6 is 0 Å². The molecule has 1 unspecified atom stereocenters. The van der Waals surface area contributed by atoms with Gasteiger partial charge >= 0.3 is 0 Å². The molecule has 0 bridgehead atoms. The minimum absolute atomic E-state index is 0.0359. The van der Waals surface area contributed by atoms with Crippen molar-refractivity contribution in [3.8, 4) is 0 Å². The van der Waals surface area contributed by atoms with Crippen molar-refractivity contribution in [2.45, 2.75) is 45.4 Å². The van der Waals surface area contributed by atoms with Gasteiger partial charge in [-0.25, -0.2) is 8.42 Å². The highest BCUT2D eigenvalue weighted by atomic mass is 32.2. The summed E-state index contributed by atoms with van der Waals surface area (Å²) in [6, 6.07) is 6.28. The summed E-state index contributed by atoms with van der Waals surface area (Å²) >= 11 is 0. The third kappa shape index (κ3) is 2.65. The number of aryl methyl sites for hydroxylation is 1. The van der Waals surface area contributed by atoms with E-state index in [-0.39, 0.29) is 11.2 Å². The van der Waals surface area contributed by atoms with E-state index in [2.05, 4.69) is 30.4 Å². The van der Waals surface area contributed by atoms with E-state index in [1.54, 1.807) is 4.31 Å². The van der Waals surface area contributed by atoms with Gasteiger partial charge in [0.15, 0.2) is 0 Å². The number of anilines is 1. The second-order valence-electron chi connectivity index (χ2n) is 5.87. The molecule has 0 aliphatic carbocycles. The van der Waals surface area contributed by atoms with Crippen molar-refractivity contribution in [3.63, 3.8) is 0 Å². The molecule has 0 saturated carbocycles. The van der Waals surface area contributed by atoms with Gasteiger partial charge in [0.1, 0.15) is 0 Å². The van der Waals surface area contributed by atoms with E-state index in [0.29, 0.717) is 13.0 Å². The Balaban J connectivity index is 0.000000847. The molecule has 0 aromatic heterocycles. The van der Waals surface area contributed by atoms with Crippen molar-refractivity contribution >= 4 is 15.7 Å². The zero-order valence-electron chi connectivity index (χ0n) is 14.1. The van der Waals surface area contributed by atoms with Crippen LogP contribution in [0.25, 0.3) is 0 Å². The normalized spacial score (nSPS) is 24.5. The second-order valence-corrected chi connectivity index (χ2v) is 7.89. The maximum Gasteiger partial charge on any atom is 0.235 e. The van der Waals surface area contributed by atoms with E-state index in [1.807, 2.05) is 20.9 Å². The molecule has 124 valence electrons. The molecule has 1 N–H and O–H groups in total. The van der Waals surface area contributed by atoms with Crippen molar-refractivity contribution in [2.24, 2.45) is 0 Å². The fourth-order valence-electron chi connectivity index (χ4n) is 3.60. The second kappa shape index (κ2) is 6.59. The minimum atomic E-state index is -3.13. The number of rotatable bonds is 4. The molecule has 5 heteroatoms. The van der Waals surface area contributed by atoms with Crippen LogP contribution in [-0.2, 0) is 21.9 Å². The molecular weight excluding hydrogens is 296 g/mol. The Labute approximate surface area is 135 Å². The average Bonchev–Trinajstić information content (AvgIpc) is 2.89. The topological polar surface area (TPSA) is 49.4 Å². The Morgan fingerprint density at radius 3 is 2.68 bits per heavy atom. The fourth-order valence-corrected chi connectivity index (χ4v) is 5.23. The molecular formula is C17H28N2O2S. The fraction of sp³-hybridized carbons (Fsp3) is 0.647. The summed E-state index contributed by atoms with van der Waals surface area (Å²) in [5.41, 5.74) is 3.37. The van der Waals surface area contributed by atoms with Gasteiger partial charge in [-0.15, -0.1) is 0 Å². The molecule has 4 nitrogen and oxygen atoms in total. The van der Waals surface area contributed by atoms with Crippen LogP contribution in [0.3, 0.4) is 0 Å². The van der Waals surface area contributed by atoms with Gasteiger partial charge in [-0.05, 0) is 44.0 Å². The van der Waals surface area contributed by atoms with E-state index >= 15 is 0 Å². The Morgan fingerprint density at radius 1 is 1.32 bits per heavy atom. The molecule has 1 atom stereocenters. The maximum absolute atomic E-state index is 12.4. The number of sulfonamides is 1. The quantitative estimate of drug-likeness (QED) is 0.926. The van der Waals surface area contributed by atoms with Gasteiger partial charge in [0.05, 0.1) is 11.4 Å². The average molecular weight is 324 g/mol. The van der Waals surface area contributed by atoms with Crippen molar-refractivity contribution in [1.29, 1.82) is 0 Å². The maximum atomic E-state index is 12.4. The van der Waals surface area contributed by atoms with E-state index in [9.17, 15) is 8.42 Å². The highest BCUT2D eigenvalue weighted by molar-refractivity contribution is 7.92. The summed E-state index contributed by atoms with van der Waals surface area (Å²) in [5, 5.41) is 3.20. The number of hydrogen-bond acceptors (Lipinski definition) is 3. The predicted molar refractivity (Wildman–Crippen MR) is 93.1 cm³/mol. The van der Waals surface area contributed by atoms with Gasteiger partial charge in [-0.2, -0.15) is 0 Å². The van der Waals surface area contributed by atoms with Crippen LogP contribution in [0.15, 0.2) is 18.2 Å². The monoisotopic (exact) mass is 324 g/mol. The first-order chi connectivity index (χ1) is 10.5. The molecule has 2 heterocycles. The highest BCUT2D eigenvalue weighted by Gasteiger charge is 2.47. The van der Waals surface area contributed by atoms with Crippen LogP contribution in [-0.4, -0.2) is 34.3 Å². The van der Waals surface area contributed by atoms with Gasteiger partial charge in [0.25, 0.3) is 0 Å².